The minimum Gasteiger partial charge on any atom is -0.349 e. The summed E-state index contributed by atoms with van der Waals surface area (Å²) in [6, 6.07) is 0. The highest BCUT2D eigenvalue weighted by Gasteiger charge is 2.39. The number of aryl methyl sites for hydroxylation is 2. The Morgan fingerprint density at radius 1 is 1.27 bits per heavy atom. The van der Waals surface area contributed by atoms with Gasteiger partial charge in [0.2, 0.25) is 5.91 Å². The van der Waals surface area contributed by atoms with Crippen molar-refractivity contribution in [3.05, 3.63) is 17.0 Å². The number of carbonyl (C=O) groups is 1. The molecule has 0 spiro atoms. The summed E-state index contributed by atoms with van der Waals surface area (Å²) in [7, 11) is -3.03. The molecule has 1 saturated heterocycles. The van der Waals surface area contributed by atoms with Gasteiger partial charge in [0.25, 0.3) is 0 Å². The largest absolute Gasteiger partial charge is 0.349 e. The van der Waals surface area contributed by atoms with Crippen LogP contribution in [0.5, 0.6) is 0 Å². The summed E-state index contributed by atoms with van der Waals surface area (Å²) in [4.78, 5) is 20.8. The average molecular weight is 343 g/mol. The van der Waals surface area contributed by atoms with Crippen LogP contribution in [-0.2, 0) is 14.6 Å². The maximum atomic E-state index is 12.0. The van der Waals surface area contributed by atoms with Crippen molar-refractivity contribution in [2.24, 2.45) is 0 Å². The zero-order chi connectivity index (χ0) is 16.5. The molecule has 0 aliphatic carbocycles. The topological polar surface area (TPSA) is 89.0 Å². The molecule has 0 aromatic carbocycles. The molecule has 2 rings (SSSR count). The van der Waals surface area contributed by atoms with Crippen LogP contribution in [-0.4, -0.2) is 47.1 Å². The molecule has 0 saturated carbocycles. The lowest BCUT2D eigenvalue weighted by atomic mass is 10.0. The summed E-state index contributed by atoms with van der Waals surface area (Å²) in [6.07, 6.45) is 0.463. The van der Waals surface area contributed by atoms with Crippen molar-refractivity contribution in [1.29, 1.82) is 0 Å². The van der Waals surface area contributed by atoms with E-state index in [1.54, 1.807) is 6.92 Å². The number of sulfone groups is 1. The average Bonchev–Trinajstić information content (AvgIpc) is 2.67. The quantitative estimate of drug-likeness (QED) is 0.652. The highest BCUT2D eigenvalue weighted by Crippen LogP contribution is 2.23. The number of nitrogens with zero attached hydrogens (tertiary/aromatic N) is 2. The third kappa shape index (κ3) is 4.19. The summed E-state index contributed by atoms with van der Waals surface area (Å²) >= 11 is 1.26. The molecule has 1 amide bonds. The van der Waals surface area contributed by atoms with E-state index < -0.39 is 15.4 Å². The maximum absolute atomic E-state index is 12.0. The molecule has 1 atom stereocenters. The Morgan fingerprint density at radius 3 is 2.36 bits per heavy atom. The first-order valence-corrected chi connectivity index (χ1v) is 9.87. The first kappa shape index (κ1) is 17.2. The van der Waals surface area contributed by atoms with Crippen LogP contribution in [0, 0.1) is 20.8 Å². The smallest absolute Gasteiger partial charge is 0.230 e. The molecule has 8 heteroatoms. The summed E-state index contributed by atoms with van der Waals surface area (Å²) in [5.74, 6) is 0.132. The van der Waals surface area contributed by atoms with E-state index in [2.05, 4.69) is 15.3 Å². The van der Waals surface area contributed by atoms with Crippen molar-refractivity contribution >= 4 is 27.5 Å². The molecule has 1 aliphatic rings. The SMILES string of the molecule is Cc1nc(SCC(=O)N[C@]2(C)CCS(=O)(=O)C2)nc(C)c1C. The number of amides is 1. The van der Waals surface area contributed by atoms with Gasteiger partial charge in [-0.15, -0.1) is 0 Å². The predicted octanol–water partition coefficient (Wildman–Crippen LogP) is 1.19. The van der Waals surface area contributed by atoms with Crippen molar-refractivity contribution < 1.29 is 13.2 Å². The van der Waals surface area contributed by atoms with Gasteiger partial charge in [-0.3, -0.25) is 4.79 Å². The van der Waals surface area contributed by atoms with Gasteiger partial charge >= 0.3 is 0 Å². The third-order valence-corrected chi connectivity index (χ3v) is 6.64. The zero-order valence-corrected chi connectivity index (χ0v) is 14.9. The number of nitrogens with one attached hydrogen (secondary N) is 1. The predicted molar refractivity (Wildman–Crippen MR) is 86.8 cm³/mol. The molecule has 1 aromatic heterocycles. The normalized spacial score (nSPS) is 23.5. The Morgan fingerprint density at radius 2 is 1.86 bits per heavy atom. The first-order valence-electron chi connectivity index (χ1n) is 7.06. The second kappa shape index (κ2) is 6.16. The minimum absolute atomic E-state index is 0.00958. The zero-order valence-electron chi connectivity index (χ0n) is 13.3. The van der Waals surface area contributed by atoms with Crippen LogP contribution in [0.1, 0.15) is 30.3 Å². The standard InChI is InChI=1S/C14H21N3O3S2/c1-9-10(2)15-13(16-11(9)3)21-7-12(18)17-14(4)5-6-22(19,20)8-14/h5-8H2,1-4H3,(H,17,18)/t14-/m1/s1. The molecule has 1 fully saturated rings. The summed E-state index contributed by atoms with van der Waals surface area (Å²) in [5.41, 5.74) is 2.21. The summed E-state index contributed by atoms with van der Waals surface area (Å²) in [5, 5.41) is 3.40. The van der Waals surface area contributed by atoms with Gasteiger partial charge in [0.1, 0.15) is 0 Å². The van der Waals surface area contributed by atoms with Gasteiger partial charge in [0.05, 0.1) is 22.8 Å². The van der Waals surface area contributed by atoms with Crippen LogP contribution >= 0.6 is 11.8 Å². The molecule has 0 radical (unpaired) electrons. The Labute approximate surface area is 135 Å². The van der Waals surface area contributed by atoms with E-state index in [0.717, 1.165) is 17.0 Å². The fourth-order valence-corrected chi connectivity index (χ4v) is 5.25. The molecule has 1 aromatic rings. The summed E-state index contributed by atoms with van der Waals surface area (Å²) in [6.45, 7) is 7.57. The van der Waals surface area contributed by atoms with E-state index in [-0.39, 0.29) is 23.2 Å². The second-order valence-corrected chi connectivity index (χ2v) is 9.17. The van der Waals surface area contributed by atoms with Crippen molar-refractivity contribution in [1.82, 2.24) is 15.3 Å². The van der Waals surface area contributed by atoms with Crippen LogP contribution in [0.3, 0.4) is 0 Å². The minimum atomic E-state index is -3.03. The van der Waals surface area contributed by atoms with Crippen LogP contribution < -0.4 is 5.32 Å². The lowest BCUT2D eigenvalue weighted by Crippen LogP contribution is -2.47. The van der Waals surface area contributed by atoms with Gasteiger partial charge in [-0.05, 0) is 39.7 Å². The lowest BCUT2D eigenvalue weighted by Gasteiger charge is -2.23. The van der Waals surface area contributed by atoms with E-state index in [9.17, 15) is 13.2 Å². The molecule has 22 heavy (non-hydrogen) atoms. The van der Waals surface area contributed by atoms with Crippen LogP contribution in [0.15, 0.2) is 5.16 Å². The Bertz CT molecular complexity index is 680. The summed E-state index contributed by atoms with van der Waals surface area (Å²) < 4.78 is 23.1. The van der Waals surface area contributed by atoms with Gasteiger partial charge in [0.15, 0.2) is 15.0 Å². The molecular weight excluding hydrogens is 322 g/mol. The highest BCUT2D eigenvalue weighted by molar-refractivity contribution is 7.99. The van der Waals surface area contributed by atoms with Crippen LogP contribution in [0.4, 0.5) is 0 Å². The number of hydrogen-bond donors (Lipinski definition) is 1. The molecule has 1 aliphatic heterocycles. The molecule has 0 unspecified atom stereocenters. The van der Waals surface area contributed by atoms with E-state index >= 15 is 0 Å². The van der Waals surface area contributed by atoms with Crippen molar-refractivity contribution in [3.8, 4) is 0 Å². The molecule has 1 N–H and O–H groups in total. The molecule has 2 heterocycles. The van der Waals surface area contributed by atoms with Crippen molar-refractivity contribution in [2.45, 2.75) is 44.8 Å². The van der Waals surface area contributed by atoms with E-state index in [1.807, 2.05) is 20.8 Å². The number of aromatic nitrogens is 2. The number of hydrogen-bond acceptors (Lipinski definition) is 6. The van der Waals surface area contributed by atoms with Crippen molar-refractivity contribution in [3.63, 3.8) is 0 Å². The van der Waals surface area contributed by atoms with Crippen molar-refractivity contribution in [2.75, 3.05) is 17.3 Å². The molecule has 6 nitrogen and oxygen atoms in total. The number of thioether (sulfide) groups is 1. The van der Waals surface area contributed by atoms with Gasteiger partial charge in [-0.2, -0.15) is 0 Å². The highest BCUT2D eigenvalue weighted by atomic mass is 32.2. The monoisotopic (exact) mass is 343 g/mol. The van der Waals surface area contributed by atoms with E-state index in [0.29, 0.717) is 11.6 Å². The van der Waals surface area contributed by atoms with Gasteiger partial charge < -0.3 is 5.32 Å². The number of carbonyl (C=O) groups excluding carboxylic acids is 1. The lowest BCUT2D eigenvalue weighted by molar-refractivity contribution is -0.120. The molecule has 0 bridgehead atoms. The Hall–Kier alpha value is -1.15. The number of rotatable bonds is 4. The molecular formula is C14H21N3O3S2. The van der Waals surface area contributed by atoms with Gasteiger partial charge in [0, 0.05) is 11.4 Å². The fraction of sp³-hybridized carbons (Fsp3) is 0.643. The third-order valence-electron chi connectivity index (χ3n) is 3.89. The van der Waals surface area contributed by atoms with E-state index in [4.69, 9.17) is 0 Å². The van der Waals surface area contributed by atoms with E-state index in [1.165, 1.54) is 11.8 Å². The molecule has 122 valence electrons. The fourth-order valence-electron chi connectivity index (χ4n) is 2.42. The van der Waals surface area contributed by atoms with Crippen LogP contribution in [0.2, 0.25) is 0 Å². The second-order valence-electron chi connectivity index (χ2n) is 6.04. The maximum Gasteiger partial charge on any atom is 0.230 e. The van der Waals surface area contributed by atoms with Crippen LogP contribution in [0.25, 0.3) is 0 Å². The Balaban J connectivity index is 1.94. The van der Waals surface area contributed by atoms with Gasteiger partial charge in [-0.25, -0.2) is 18.4 Å². The first-order chi connectivity index (χ1) is 10.1. The van der Waals surface area contributed by atoms with Gasteiger partial charge in [-0.1, -0.05) is 11.8 Å². The Kier molecular flexibility index (Phi) is 4.81.